The van der Waals surface area contributed by atoms with Gasteiger partial charge in [-0.2, -0.15) is 13.2 Å². The van der Waals surface area contributed by atoms with E-state index in [2.05, 4.69) is 5.16 Å². The first kappa shape index (κ1) is 21.3. The van der Waals surface area contributed by atoms with E-state index in [9.17, 15) is 13.2 Å². The lowest BCUT2D eigenvalue weighted by atomic mass is 9.97. The fourth-order valence-corrected chi connectivity index (χ4v) is 1.84. The van der Waals surface area contributed by atoms with E-state index in [1.165, 1.54) is 12.1 Å². The van der Waals surface area contributed by atoms with Gasteiger partial charge in [-0.1, -0.05) is 32.9 Å². The first-order valence-electron chi connectivity index (χ1n) is 7.58. The predicted molar refractivity (Wildman–Crippen MR) is 86.3 cm³/mol. The molecule has 6 heteroatoms. The molecular weight excluding hydrogens is 307 g/mol. The summed E-state index contributed by atoms with van der Waals surface area (Å²) in [5, 5.41) is 12.1. The maximum atomic E-state index is 13.2. The van der Waals surface area contributed by atoms with E-state index in [-0.39, 0.29) is 22.9 Å². The molecule has 0 aliphatic heterocycles. The van der Waals surface area contributed by atoms with Crippen molar-refractivity contribution in [3.8, 4) is 5.75 Å². The van der Waals surface area contributed by atoms with Gasteiger partial charge in [0.25, 0.3) is 0 Å². The van der Waals surface area contributed by atoms with E-state index in [0.29, 0.717) is 0 Å². The van der Waals surface area contributed by atoms with Crippen molar-refractivity contribution in [3.05, 3.63) is 29.3 Å². The third kappa shape index (κ3) is 6.50. The van der Waals surface area contributed by atoms with Crippen LogP contribution in [-0.4, -0.2) is 16.5 Å². The highest BCUT2D eigenvalue weighted by atomic mass is 19.4. The molecule has 0 bridgehead atoms. The Bertz CT molecular complexity index is 530. The molecule has 0 spiro atoms. The van der Waals surface area contributed by atoms with Crippen LogP contribution in [0.5, 0.6) is 5.75 Å². The fourth-order valence-electron chi connectivity index (χ4n) is 1.84. The smallest absolute Gasteiger partial charge is 0.419 e. The zero-order valence-corrected chi connectivity index (χ0v) is 14.7. The van der Waals surface area contributed by atoms with Crippen LogP contribution in [0.1, 0.15) is 59.6 Å². The monoisotopic (exact) mass is 333 g/mol. The van der Waals surface area contributed by atoms with E-state index >= 15 is 0 Å². The van der Waals surface area contributed by atoms with Crippen molar-refractivity contribution in [1.82, 2.24) is 0 Å². The SMILES string of the molecule is CC.CC(C)/C(=N\O)c1ccc(OC(C)(C)C)c(C(F)(F)F)c1. The Balaban J connectivity index is 0.00000232. The zero-order chi connectivity index (χ0) is 18.4. The highest BCUT2D eigenvalue weighted by molar-refractivity contribution is 6.01. The summed E-state index contributed by atoms with van der Waals surface area (Å²) in [5.74, 6) is -0.440. The number of rotatable bonds is 3. The molecule has 132 valence electrons. The van der Waals surface area contributed by atoms with Gasteiger partial charge < -0.3 is 9.94 Å². The van der Waals surface area contributed by atoms with Gasteiger partial charge in [-0.3, -0.25) is 0 Å². The average Bonchev–Trinajstić information content (AvgIpc) is 2.40. The molecule has 1 aromatic carbocycles. The lowest BCUT2D eigenvalue weighted by Gasteiger charge is -2.24. The van der Waals surface area contributed by atoms with Gasteiger partial charge in [-0.15, -0.1) is 0 Å². The molecule has 0 amide bonds. The highest BCUT2D eigenvalue weighted by Gasteiger charge is 2.36. The fraction of sp³-hybridized carbons (Fsp3) is 0.588. The molecule has 23 heavy (non-hydrogen) atoms. The summed E-state index contributed by atoms with van der Waals surface area (Å²) in [6.45, 7) is 12.5. The maximum Gasteiger partial charge on any atom is 0.419 e. The second kappa shape index (κ2) is 8.22. The molecule has 1 rings (SSSR count). The van der Waals surface area contributed by atoms with E-state index in [1.54, 1.807) is 34.6 Å². The summed E-state index contributed by atoms with van der Waals surface area (Å²) in [6, 6.07) is 3.68. The van der Waals surface area contributed by atoms with Crippen LogP contribution in [-0.2, 0) is 6.18 Å². The van der Waals surface area contributed by atoms with E-state index in [4.69, 9.17) is 9.94 Å². The van der Waals surface area contributed by atoms with Crippen LogP contribution in [0.25, 0.3) is 0 Å². The number of halogens is 3. The molecule has 0 heterocycles. The Kier molecular flexibility index (Phi) is 7.61. The van der Waals surface area contributed by atoms with Crippen LogP contribution in [0.2, 0.25) is 0 Å². The summed E-state index contributed by atoms with van der Waals surface area (Å²) in [7, 11) is 0. The second-order valence-electron chi connectivity index (χ2n) is 6.06. The van der Waals surface area contributed by atoms with E-state index in [0.717, 1.165) is 6.07 Å². The van der Waals surface area contributed by atoms with Gasteiger partial charge in [0.1, 0.15) is 11.4 Å². The van der Waals surface area contributed by atoms with Gasteiger partial charge in [0, 0.05) is 5.56 Å². The molecule has 0 fully saturated rings. The van der Waals surface area contributed by atoms with Gasteiger partial charge in [0.05, 0.1) is 11.3 Å². The summed E-state index contributed by atoms with van der Waals surface area (Å²) in [4.78, 5) is 0. The van der Waals surface area contributed by atoms with Gasteiger partial charge >= 0.3 is 6.18 Å². The lowest BCUT2D eigenvalue weighted by Crippen LogP contribution is -2.25. The molecule has 1 N–H and O–H groups in total. The van der Waals surface area contributed by atoms with Gasteiger partial charge in [-0.25, -0.2) is 0 Å². The van der Waals surface area contributed by atoms with Crippen molar-refractivity contribution in [2.24, 2.45) is 11.1 Å². The molecule has 0 aliphatic carbocycles. The molecule has 0 aliphatic rings. The lowest BCUT2D eigenvalue weighted by molar-refractivity contribution is -0.139. The Hall–Kier alpha value is -1.72. The molecular formula is C17H26F3NO2. The predicted octanol–water partition coefficient (Wildman–Crippen LogP) is 5.74. The number of alkyl halides is 3. The number of hydrogen-bond donors (Lipinski definition) is 1. The largest absolute Gasteiger partial charge is 0.488 e. The zero-order valence-electron chi connectivity index (χ0n) is 14.7. The maximum absolute atomic E-state index is 13.2. The molecule has 0 unspecified atom stereocenters. The Labute approximate surface area is 136 Å². The molecule has 0 saturated carbocycles. The van der Waals surface area contributed by atoms with Crippen molar-refractivity contribution in [2.75, 3.05) is 0 Å². The minimum Gasteiger partial charge on any atom is -0.488 e. The van der Waals surface area contributed by atoms with Crippen molar-refractivity contribution in [2.45, 2.75) is 60.2 Å². The van der Waals surface area contributed by atoms with Crippen molar-refractivity contribution in [1.29, 1.82) is 0 Å². The normalized spacial score (nSPS) is 12.7. The third-order valence-electron chi connectivity index (χ3n) is 2.65. The van der Waals surface area contributed by atoms with Gasteiger partial charge in [0.2, 0.25) is 0 Å². The molecule has 0 saturated heterocycles. The minimum atomic E-state index is -4.55. The van der Waals surface area contributed by atoms with Crippen LogP contribution in [0.4, 0.5) is 13.2 Å². The van der Waals surface area contributed by atoms with Crippen LogP contribution in [0, 0.1) is 5.92 Å². The molecule has 0 atom stereocenters. The summed E-state index contributed by atoms with van der Waals surface area (Å²) in [6.07, 6.45) is -4.55. The number of nitrogens with zero attached hydrogens (tertiary/aromatic N) is 1. The van der Waals surface area contributed by atoms with Crippen molar-refractivity contribution in [3.63, 3.8) is 0 Å². The number of oxime groups is 1. The minimum absolute atomic E-state index is 0.197. The Morgan fingerprint density at radius 1 is 1.13 bits per heavy atom. The molecule has 0 aromatic heterocycles. The van der Waals surface area contributed by atoms with Crippen molar-refractivity contribution >= 4 is 5.71 Å². The summed E-state index contributed by atoms with van der Waals surface area (Å²) >= 11 is 0. The highest BCUT2D eigenvalue weighted by Crippen LogP contribution is 2.38. The van der Waals surface area contributed by atoms with E-state index in [1.807, 2.05) is 13.8 Å². The van der Waals surface area contributed by atoms with Crippen LogP contribution in [0.15, 0.2) is 23.4 Å². The molecule has 1 aromatic rings. The van der Waals surface area contributed by atoms with Gasteiger partial charge in [-0.05, 0) is 44.9 Å². The summed E-state index contributed by atoms with van der Waals surface area (Å²) < 4.78 is 44.9. The second-order valence-corrected chi connectivity index (χ2v) is 6.06. The number of ether oxygens (including phenoxy) is 1. The van der Waals surface area contributed by atoms with E-state index < -0.39 is 17.3 Å². The number of hydrogen-bond acceptors (Lipinski definition) is 3. The first-order valence-corrected chi connectivity index (χ1v) is 7.58. The third-order valence-corrected chi connectivity index (χ3v) is 2.65. The number of benzene rings is 1. The van der Waals surface area contributed by atoms with Crippen LogP contribution >= 0.6 is 0 Å². The molecule has 3 nitrogen and oxygen atoms in total. The first-order chi connectivity index (χ1) is 10.5. The standard InChI is InChI=1S/C15H20F3NO2.C2H6/c1-9(2)13(19-20)10-6-7-12(21-14(3,4)5)11(8-10)15(16,17)18;1-2/h6-9,20H,1-5H3;1-2H3/b19-13+;. The van der Waals surface area contributed by atoms with Crippen molar-refractivity contribution < 1.29 is 23.1 Å². The van der Waals surface area contributed by atoms with Gasteiger partial charge in [0.15, 0.2) is 0 Å². The molecule has 0 radical (unpaired) electrons. The van der Waals surface area contributed by atoms with Crippen LogP contribution in [0.3, 0.4) is 0 Å². The quantitative estimate of drug-likeness (QED) is 0.435. The average molecular weight is 333 g/mol. The Morgan fingerprint density at radius 2 is 1.65 bits per heavy atom. The van der Waals surface area contributed by atoms with Crippen LogP contribution < -0.4 is 4.74 Å². The Morgan fingerprint density at radius 3 is 2.00 bits per heavy atom. The summed E-state index contributed by atoms with van der Waals surface area (Å²) in [5.41, 5.74) is -1.20. The topological polar surface area (TPSA) is 41.8 Å².